The van der Waals surface area contributed by atoms with Gasteiger partial charge in [-0.05, 0) is 25.7 Å². The SMILES string of the molecule is CCC(CCO)C(=O)OC(=O)C(CC)CCO. The van der Waals surface area contributed by atoms with E-state index in [9.17, 15) is 9.59 Å². The first-order valence-corrected chi connectivity index (χ1v) is 6.07. The molecule has 0 amide bonds. The zero-order valence-electron chi connectivity index (χ0n) is 10.5. The van der Waals surface area contributed by atoms with Crippen LogP contribution in [0, 0.1) is 11.8 Å². The number of rotatable bonds is 8. The van der Waals surface area contributed by atoms with E-state index in [1.807, 2.05) is 0 Å². The smallest absolute Gasteiger partial charge is 0.316 e. The molecule has 0 aromatic heterocycles. The second-order valence-corrected chi connectivity index (χ2v) is 3.98. The summed E-state index contributed by atoms with van der Waals surface area (Å²) >= 11 is 0. The third-order valence-corrected chi connectivity index (χ3v) is 2.81. The molecule has 0 rings (SSSR count). The first-order chi connectivity index (χ1) is 8.10. The van der Waals surface area contributed by atoms with Crippen LogP contribution in [0.25, 0.3) is 0 Å². The van der Waals surface area contributed by atoms with Crippen LogP contribution in [0.5, 0.6) is 0 Å². The monoisotopic (exact) mass is 246 g/mol. The van der Waals surface area contributed by atoms with E-state index >= 15 is 0 Å². The third-order valence-electron chi connectivity index (χ3n) is 2.81. The van der Waals surface area contributed by atoms with Gasteiger partial charge in [-0.15, -0.1) is 0 Å². The summed E-state index contributed by atoms with van der Waals surface area (Å²) in [5.41, 5.74) is 0. The highest BCUT2D eigenvalue weighted by molar-refractivity contribution is 5.87. The minimum absolute atomic E-state index is 0.102. The molecule has 0 aromatic rings. The summed E-state index contributed by atoms with van der Waals surface area (Å²) in [6.07, 6.45) is 1.67. The Labute approximate surface area is 102 Å². The van der Waals surface area contributed by atoms with Crippen LogP contribution < -0.4 is 0 Å². The van der Waals surface area contributed by atoms with Crippen molar-refractivity contribution in [1.82, 2.24) is 0 Å². The van der Waals surface area contributed by atoms with E-state index < -0.39 is 23.8 Å². The molecule has 0 bridgehead atoms. The van der Waals surface area contributed by atoms with Gasteiger partial charge in [0.2, 0.25) is 0 Å². The molecule has 100 valence electrons. The van der Waals surface area contributed by atoms with Crippen molar-refractivity contribution in [3.05, 3.63) is 0 Å². The molecule has 0 heterocycles. The molecule has 0 fully saturated rings. The number of carbonyl (C=O) groups excluding carboxylic acids is 2. The number of hydrogen-bond acceptors (Lipinski definition) is 5. The molecule has 2 unspecified atom stereocenters. The normalized spacial score (nSPS) is 14.1. The Balaban J connectivity index is 4.29. The van der Waals surface area contributed by atoms with Crippen molar-refractivity contribution in [3.63, 3.8) is 0 Å². The highest BCUT2D eigenvalue weighted by Gasteiger charge is 2.24. The Morgan fingerprint density at radius 2 is 1.29 bits per heavy atom. The maximum Gasteiger partial charge on any atom is 0.316 e. The molecule has 5 nitrogen and oxygen atoms in total. The molecule has 5 heteroatoms. The summed E-state index contributed by atoms with van der Waals surface area (Å²) < 4.78 is 4.76. The minimum atomic E-state index is -0.581. The lowest BCUT2D eigenvalue weighted by atomic mass is 10.0. The Morgan fingerprint density at radius 1 is 0.941 bits per heavy atom. The lowest BCUT2D eigenvalue weighted by Gasteiger charge is -2.15. The van der Waals surface area contributed by atoms with Crippen molar-refractivity contribution >= 4 is 11.9 Å². The lowest BCUT2D eigenvalue weighted by molar-refractivity contribution is -0.166. The van der Waals surface area contributed by atoms with Gasteiger partial charge in [-0.1, -0.05) is 13.8 Å². The quantitative estimate of drug-likeness (QED) is 0.490. The highest BCUT2D eigenvalue weighted by Crippen LogP contribution is 2.14. The number of esters is 2. The van der Waals surface area contributed by atoms with E-state index in [4.69, 9.17) is 14.9 Å². The van der Waals surface area contributed by atoms with Gasteiger partial charge in [0.15, 0.2) is 0 Å². The molecule has 17 heavy (non-hydrogen) atoms. The summed E-state index contributed by atoms with van der Waals surface area (Å²) in [4.78, 5) is 23.2. The summed E-state index contributed by atoms with van der Waals surface area (Å²) in [6.45, 7) is 3.40. The fraction of sp³-hybridized carbons (Fsp3) is 0.833. The molecule has 0 radical (unpaired) electrons. The van der Waals surface area contributed by atoms with E-state index in [0.29, 0.717) is 25.7 Å². The van der Waals surface area contributed by atoms with Gasteiger partial charge in [0, 0.05) is 13.2 Å². The summed E-state index contributed by atoms with van der Waals surface area (Å²) in [5.74, 6) is -2.03. The van der Waals surface area contributed by atoms with Crippen LogP contribution in [0.3, 0.4) is 0 Å². The van der Waals surface area contributed by atoms with Crippen molar-refractivity contribution in [2.45, 2.75) is 39.5 Å². The largest absolute Gasteiger partial charge is 0.396 e. The van der Waals surface area contributed by atoms with Crippen LogP contribution >= 0.6 is 0 Å². The predicted octanol–water partition coefficient (Wildman–Crippen LogP) is 0.873. The van der Waals surface area contributed by atoms with Gasteiger partial charge in [0.05, 0.1) is 11.8 Å². The van der Waals surface area contributed by atoms with Gasteiger partial charge in [-0.2, -0.15) is 0 Å². The molecule has 2 atom stereocenters. The van der Waals surface area contributed by atoms with E-state index in [2.05, 4.69) is 0 Å². The van der Waals surface area contributed by atoms with Gasteiger partial charge in [0.1, 0.15) is 0 Å². The van der Waals surface area contributed by atoms with E-state index in [-0.39, 0.29) is 13.2 Å². The molecule has 2 N–H and O–H groups in total. The third kappa shape index (κ3) is 5.79. The Bertz CT molecular complexity index is 215. The molecular formula is C12H22O5. The van der Waals surface area contributed by atoms with Crippen LogP contribution in [-0.4, -0.2) is 35.4 Å². The van der Waals surface area contributed by atoms with Gasteiger partial charge in [-0.3, -0.25) is 9.59 Å². The molecule has 0 saturated heterocycles. The Kier molecular flexibility index (Phi) is 8.62. The zero-order chi connectivity index (χ0) is 13.3. The van der Waals surface area contributed by atoms with E-state index in [1.165, 1.54) is 0 Å². The first kappa shape index (κ1) is 16.1. The van der Waals surface area contributed by atoms with E-state index in [0.717, 1.165) is 0 Å². The number of carbonyl (C=O) groups is 2. The first-order valence-electron chi connectivity index (χ1n) is 6.07. The van der Waals surface area contributed by atoms with Gasteiger partial charge < -0.3 is 14.9 Å². The Morgan fingerprint density at radius 3 is 1.53 bits per heavy atom. The predicted molar refractivity (Wildman–Crippen MR) is 62.1 cm³/mol. The van der Waals surface area contributed by atoms with E-state index in [1.54, 1.807) is 13.8 Å². The molecule has 0 aliphatic rings. The second kappa shape index (κ2) is 9.13. The average molecular weight is 246 g/mol. The van der Waals surface area contributed by atoms with Crippen molar-refractivity contribution < 1.29 is 24.5 Å². The zero-order valence-corrected chi connectivity index (χ0v) is 10.5. The van der Waals surface area contributed by atoms with Crippen LogP contribution in [0.4, 0.5) is 0 Å². The molecular weight excluding hydrogens is 224 g/mol. The van der Waals surface area contributed by atoms with Crippen molar-refractivity contribution in [3.8, 4) is 0 Å². The molecule has 0 spiro atoms. The highest BCUT2D eigenvalue weighted by atomic mass is 16.6. The topological polar surface area (TPSA) is 83.8 Å². The van der Waals surface area contributed by atoms with Crippen molar-refractivity contribution in [1.29, 1.82) is 0 Å². The fourth-order valence-electron chi connectivity index (χ4n) is 1.55. The van der Waals surface area contributed by atoms with Gasteiger partial charge in [0.25, 0.3) is 0 Å². The van der Waals surface area contributed by atoms with Gasteiger partial charge in [-0.25, -0.2) is 0 Å². The van der Waals surface area contributed by atoms with Crippen LogP contribution in [0.1, 0.15) is 39.5 Å². The second-order valence-electron chi connectivity index (χ2n) is 3.98. The Hall–Kier alpha value is -0.940. The maximum absolute atomic E-state index is 11.6. The number of aliphatic hydroxyl groups is 2. The summed E-state index contributed by atoms with van der Waals surface area (Å²) in [7, 11) is 0. The van der Waals surface area contributed by atoms with Crippen LogP contribution in [0.2, 0.25) is 0 Å². The lowest BCUT2D eigenvalue weighted by Crippen LogP contribution is -2.26. The summed E-state index contributed by atoms with van der Waals surface area (Å²) in [5, 5.41) is 17.5. The minimum Gasteiger partial charge on any atom is -0.396 e. The van der Waals surface area contributed by atoms with Crippen molar-refractivity contribution in [2.24, 2.45) is 11.8 Å². The fourth-order valence-corrected chi connectivity index (χ4v) is 1.55. The van der Waals surface area contributed by atoms with Crippen LogP contribution in [0.15, 0.2) is 0 Å². The number of ether oxygens (including phenoxy) is 1. The average Bonchev–Trinajstić information content (AvgIpc) is 2.32. The molecule has 0 aromatic carbocycles. The number of hydrogen-bond donors (Lipinski definition) is 2. The summed E-state index contributed by atoms with van der Waals surface area (Å²) in [6, 6.07) is 0. The molecule has 0 aliphatic heterocycles. The maximum atomic E-state index is 11.6. The number of aliphatic hydroxyl groups excluding tert-OH is 2. The van der Waals surface area contributed by atoms with Crippen molar-refractivity contribution in [2.75, 3.05) is 13.2 Å². The molecule has 0 aliphatic carbocycles. The van der Waals surface area contributed by atoms with Gasteiger partial charge >= 0.3 is 11.9 Å². The van der Waals surface area contributed by atoms with Crippen LogP contribution in [-0.2, 0) is 14.3 Å². The molecule has 0 saturated carbocycles. The standard InChI is InChI=1S/C12H22O5/c1-3-9(5-7-13)11(15)17-12(16)10(4-2)6-8-14/h9-10,13-14H,3-8H2,1-2H3.